The van der Waals surface area contributed by atoms with Crippen molar-refractivity contribution in [3.8, 4) is 5.88 Å². The molecular formula is C8H8BrFN2O. The van der Waals surface area contributed by atoms with Gasteiger partial charge in [0.05, 0.1) is 6.54 Å². The molecule has 5 heteroatoms. The minimum atomic E-state index is -1.31. The first-order chi connectivity index (χ1) is 6.18. The van der Waals surface area contributed by atoms with E-state index in [9.17, 15) is 4.39 Å². The average molecular weight is 247 g/mol. The summed E-state index contributed by atoms with van der Waals surface area (Å²) in [6.45, 7) is 2.09. The molecule has 1 unspecified atom stereocenters. The highest BCUT2D eigenvalue weighted by Gasteiger charge is 2.21. The fraction of sp³-hybridized carbons (Fsp3) is 0.375. The number of rotatable bonds is 0. The lowest BCUT2D eigenvalue weighted by Crippen LogP contribution is -2.27. The third-order valence-electron chi connectivity index (χ3n) is 1.92. The molecule has 1 N–H and O–H groups in total. The average Bonchev–Trinajstić information content (AvgIpc) is 2.12. The van der Waals surface area contributed by atoms with Gasteiger partial charge in [0.2, 0.25) is 5.88 Å². The molecule has 0 aromatic carbocycles. The summed E-state index contributed by atoms with van der Waals surface area (Å²) in [6, 6.07) is 0. The number of halogens is 2. The van der Waals surface area contributed by atoms with Gasteiger partial charge < -0.3 is 10.1 Å². The summed E-state index contributed by atoms with van der Waals surface area (Å²) >= 11 is 3.34. The monoisotopic (exact) mass is 246 g/mol. The molecule has 70 valence electrons. The first kappa shape index (κ1) is 8.74. The predicted octanol–water partition coefficient (Wildman–Crippen LogP) is 2.25. The Morgan fingerprint density at radius 1 is 1.77 bits per heavy atom. The highest BCUT2D eigenvalue weighted by molar-refractivity contribution is 9.10. The predicted molar refractivity (Wildman–Crippen MR) is 50.7 cm³/mol. The summed E-state index contributed by atoms with van der Waals surface area (Å²) in [5, 5.41) is 2.93. The zero-order chi connectivity index (χ0) is 9.42. The SMILES string of the molecule is Cc1c(Br)cnc2c1NCC(F)O2. The van der Waals surface area contributed by atoms with Crippen LogP contribution in [0.2, 0.25) is 0 Å². The van der Waals surface area contributed by atoms with Crippen molar-refractivity contribution < 1.29 is 9.13 Å². The second-order valence-corrected chi connectivity index (χ2v) is 3.67. The van der Waals surface area contributed by atoms with Gasteiger partial charge in [0.25, 0.3) is 6.36 Å². The minimum absolute atomic E-state index is 0.173. The van der Waals surface area contributed by atoms with Crippen molar-refractivity contribution in [3.63, 3.8) is 0 Å². The Bertz CT molecular complexity index is 345. The second kappa shape index (κ2) is 3.14. The summed E-state index contributed by atoms with van der Waals surface area (Å²) in [7, 11) is 0. The first-order valence-electron chi connectivity index (χ1n) is 3.88. The number of hydrogen-bond donors (Lipinski definition) is 1. The maximum absolute atomic E-state index is 12.8. The van der Waals surface area contributed by atoms with Gasteiger partial charge in [-0.3, -0.25) is 0 Å². The smallest absolute Gasteiger partial charge is 0.257 e. The molecule has 0 saturated carbocycles. The lowest BCUT2D eigenvalue weighted by Gasteiger charge is -2.22. The van der Waals surface area contributed by atoms with E-state index in [2.05, 4.69) is 26.2 Å². The van der Waals surface area contributed by atoms with Crippen LogP contribution < -0.4 is 10.1 Å². The highest BCUT2D eigenvalue weighted by atomic mass is 79.9. The Hall–Kier alpha value is -0.840. The number of ether oxygens (including phenoxy) is 1. The second-order valence-electron chi connectivity index (χ2n) is 2.82. The van der Waals surface area contributed by atoms with Gasteiger partial charge in [0.1, 0.15) is 5.69 Å². The number of pyridine rings is 1. The van der Waals surface area contributed by atoms with Crippen molar-refractivity contribution >= 4 is 21.6 Å². The third kappa shape index (κ3) is 1.48. The largest absolute Gasteiger partial charge is 0.440 e. The third-order valence-corrected chi connectivity index (χ3v) is 2.72. The summed E-state index contributed by atoms with van der Waals surface area (Å²) in [6.07, 6.45) is 0.300. The number of nitrogens with one attached hydrogen (secondary N) is 1. The zero-order valence-corrected chi connectivity index (χ0v) is 8.56. The number of fused-ring (bicyclic) bond motifs is 1. The van der Waals surface area contributed by atoms with Gasteiger partial charge in [-0.1, -0.05) is 0 Å². The molecule has 1 aromatic heterocycles. The number of hydrogen-bond acceptors (Lipinski definition) is 3. The van der Waals surface area contributed by atoms with E-state index < -0.39 is 6.36 Å². The van der Waals surface area contributed by atoms with Gasteiger partial charge in [-0.05, 0) is 28.4 Å². The Kier molecular flexibility index (Phi) is 2.11. The Labute approximate surface area is 83.4 Å². The Morgan fingerprint density at radius 2 is 2.54 bits per heavy atom. The van der Waals surface area contributed by atoms with Gasteiger partial charge in [0, 0.05) is 10.7 Å². The lowest BCUT2D eigenvalue weighted by molar-refractivity contribution is 0.0687. The van der Waals surface area contributed by atoms with Crippen LogP contribution in [0, 0.1) is 6.92 Å². The van der Waals surface area contributed by atoms with Crippen LogP contribution in [-0.2, 0) is 0 Å². The molecule has 2 heterocycles. The summed E-state index contributed by atoms with van der Waals surface area (Å²) in [5.74, 6) is 0.333. The molecule has 0 saturated heterocycles. The fourth-order valence-corrected chi connectivity index (χ4v) is 1.50. The van der Waals surface area contributed by atoms with Crippen LogP contribution in [0.1, 0.15) is 5.56 Å². The van der Waals surface area contributed by atoms with Crippen molar-refractivity contribution in [2.75, 3.05) is 11.9 Å². The number of nitrogens with zero attached hydrogens (tertiary/aromatic N) is 1. The van der Waals surface area contributed by atoms with Crippen LogP contribution >= 0.6 is 15.9 Å². The Morgan fingerprint density at radius 3 is 3.31 bits per heavy atom. The van der Waals surface area contributed by atoms with Crippen molar-refractivity contribution in [2.24, 2.45) is 0 Å². The van der Waals surface area contributed by atoms with E-state index in [1.54, 1.807) is 6.20 Å². The van der Waals surface area contributed by atoms with Crippen LogP contribution in [0.4, 0.5) is 10.1 Å². The molecule has 1 atom stereocenters. The van der Waals surface area contributed by atoms with Gasteiger partial charge in [0.15, 0.2) is 0 Å². The van der Waals surface area contributed by atoms with E-state index in [-0.39, 0.29) is 6.54 Å². The lowest BCUT2D eigenvalue weighted by atomic mass is 10.2. The highest BCUT2D eigenvalue weighted by Crippen LogP contribution is 2.33. The fourth-order valence-electron chi connectivity index (χ4n) is 1.20. The maximum Gasteiger partial charge on any atom is 0.257 e. The normalized spacial score (nSPS) is 20.1. The molecular weight excluding hydrogens is 239 g/mol. The summed E-state index contributed by atoms with van der Waals surface area (Å²) < 4.78 is 18.6. The van der Waals surface area contributed by atoms with E-state index in [0.717, 1.165) is 15.7 Å². The van der Waals surface area contributed by atoms with Gasteiger partial charge in [-0.25, -0.2) is 4.98 Å². The molecule has 2 rings (SSSR count). The van der Waals surface area contributed by atoms with Crippen molar-refractivity contribution in [1.82, 2.24) is 4.98 Å². The van der Waals surface area contributed by atoms with Crippen molar-refractivity contribution in [1.29, 1.82) is 0 Å². The van der Waals surface area contributed by atoms with Crippen LogP contribution in [-0.4, -0.2) is 17.9 Å². The molecule has 13 heavy (non-hydrogen) atoms. The minimum Gasteiger partial charge on any atom is -0.440 e. The molecule has 1 aliphatic rings. The maximum atomic E-state index is 12.8. The molecule has 0 aliphatic carbocycles. The molecule has 0 fully saturated rings. The molecule has 3 nitrogen and oxygen atoms in total. The molecule has 0 amide bonds. The number of anilines is 1. The van der Waals surface area contributed by atoms with Crippen LogP contribution in [0.25, 0.3) is 0 Å². The van der Waals surface area contributed by atoms with Crippen LogP contribution in [0.15, 0.2) is 10.7 Å². The van der Waals surface area contributed by atoms with Crippen molar-refractivity contribution in [2.45, 2.75) is 13.3 Å². The van der Waals surface area contributed by atoms with E-state index in [1.807, 2.05) is 6.92 Å². The Balaban J connectivity index is 2.47. The molecule has 1 aromatic rings. The van der Waals surface area contributed by atoms with Gasteiger partial charge >= 0.3 is 0 Å². The van der Waals surface area contributed by atoms with Gasteiger partial charge in [-0.2, -0.15) is 4.39 Å². The topological polar surface area (TPSA) is 34.2 Å². The van der Waals surface area contributed by atoms with E-state index in [4.69, 9.17) is 4.74 Å². The number of alkyl halides is 1. The van der Waals surface area contributed by atoms with Crippen LogP contribution in [0.3, 0.4) is 0 Å². The number of aromatic nitrogens is 1. The zero-order valence-electron chi connectivity index (χ0n) is 6.97. The standard InChI is InChI=1S/C8H8BrFN2O/c1-4-5(9)2-12-8-7(4)11-3-6(10)13-8/h2,6,11H,3H2,1H3. The van der Waals surface area contributed by atoms with Crippen LogP contribution in [0.5, 0.6) is 5.88 Å². The first-order valence-corrected chi connectivity index (χ1v) is 4.67. The molecule has 0 radical (unpaired) electrons. The van der Waals surface area contributed by atoms with E-state index >= 15 is 0 Å². The van der Waals surface area contributed by atoms with E-state index in [0.29, 0.717) is 5.88 Å². The quantitative estimate of drug-likeness (QED) is 0.763. The summed E-state index contributed by atoms with van der Waals surface area (Å²) in [5.41, 5.74) is 1.75. The van der Waals surface area contributed by atoms with Crippen molar-refractivity contribution in [3.05, 3.63) is 16.2 Å². The summed E-state index contributed by atoms with van der Waals surface area (Å²) in [4.78, 5) is 3.96. The molecule has 0 spiro atoms. The van der Waals surface area contributed by atoms with E-state index in [1.165, 1.54) is 0 Å². The molecule has 0 bridgehead atoms. The molecule has 1 aliphatic heterocycles. The van der Waals surface area contributed by atoms with Gasteiger partial charge in [-0.15, -0.1) is 0 Å².